The molecule has 3 heterocycles. The summed E-state index contributed by atoms with van der Waals surface area (Å²) in [6.45, 7) is 2.62. The largest absolute Gasteiger partial charge is 0.528 e. The van der Waals surface area contributed by atoms with Crippen LogP contribution in [0, 0.1) is 5.92 Å². The van der Waals surface area contributed by atoms with E-state index in [1.165, 1.54) is 22.5 Å². The molecule has 1 atom stereocenters. The van der Waals surface area contributed by atoms with Crippen LogP contribution in [-0.4, -0.2) is 87.6 Å². The van der Waals surface area contributed by atoms with Crippen LogP contribution in [0.1, 0.15) is 50.3 Å². The van der Waals surface area contributed by atoms with Gasteiger partial charge < -0.3 is 30.0 Å². The van der Waals surface area contributed by atoms with Gasteiger partial charge in [0.15, 0.2) is 0 Å². The van der Waals surface area contributed by atoms with Crippen LogP contribution >= 0.6 is 0 Å². The monoisotopic (exact) mass is 490 g/mol. The third-order valence-electron chi connectivity index (χ3n) is 7.06. The molecule has 0 radical (unpaired) electrons. The number of carbonyl (C=O) groups is 3. The predicted molar refractivity (Wildman–Crippen MR) is 124 cm³/mol. The first kappa shape index (κ1) is 25.2. The third kappa shape index (κ3) is 6.21. The standard InChI is InChI=1S/C24H34N4O7/c1-15(30)27-13-20(14-27)34-24(33)35-28(21(8-10-29)23(31)32)19-11-16(12-19)4-6-18-7-5-17-3-2-9-25-22(17)26-18/h5,7,16,19-21,29H,2-4,6,8-14H2,1H3,(H,25,26)(H,31,32)/t16?,19?,21-/m0/s1. The molecule has 35 heavy (non-hydrogen) atoms. The maximum absolute atomic E-state index is 12.4. The van der Waals surface area contributed by atoms with E-state index in [0.29, 0.717) is 31.8 Å². The number of nitrogens with one attached hydrogen (secondary N) is 1. The molecule has 11 nitrogen and oxygen atoms in total. The maximum atomic E-state index is 12.4. The molecule has 1 amide bonds. The van der Waals surface area contributed by atoms with E-state index in [-0.39, 0.29) is 25.0 Å². The number of anilines is 1. The van der Waals surface area contributed by atoms with Crippen LogP contribution in [0.3, 0.4) is 0 Å². The lowest BCUT2D eigenvalue weighted by molar-refractivity contribution is -0.219. The van der Waals surface area contributed by atoms with E-state index in [1.54, 1.807) is 0 Å². The Labute approximate surface area is 204 Å². The van der Waals surface area contributed by atoms with Crippen LogP contribution in [-0.2, 0) is 32.0 Å². The number of ether oxygens (including phenoxy) is 1. The third-order valence-corrected chi connectivity index (χ3v) is 7.06. The van der Waals surface area contributed by atoms with Gasteiger partial charge in [0.2, 0.25) is 5.91 Å². The molecule has 0 spiro atoms. The summed E-state index contributed by atoms with van der Waals surface area (Å²) in [6.07, 6.45) is 3.71. The van der Waals surface area contributed by atoms with Gasteiger partial charge >= 0.3 is 12.1 Å². The Morgan fingerprint density at radius 3 is 2.74 bits per heavy atom. The van der Waals surface area contributed by atoms with Gasteiger partial charge in [-0.05, 0) is 62.5 Å². The van der Waals surface area contributed by atoms with E-state index in [4.69, 9.17) is 14.6 Å². The number of carbonyl (C=O) groups excluding carboxylic acids is 2. The van der Waals surface area contributed by atoms with E-state index in [2.05, 4.69) is 17.4 Å². The fourth-order valence-electron chi connectivity index (χ4n) is 4.89. The normalized spacial score (nSPS) is 22.3. The van der Waals surface area contributed by atoms with Gasteiger partial charge in [0.05, 0.1) is 13.1 Å². The first-order valence-electron chi connectivity index (χ1n) is 12.3. The molecule has 4 rings (SSSR count). The van der Waals surface area contributed by atoms with Crippen molar-refractivity contribution in [1.82, 2.24) is 14.9 Å². The zero-order chi connectivity index (χ0) is 24.9. The van der Waals surface area contributed by atoms with E-state index in [1.807, 2.05) is 0 Å². The summed E-state index contributed by atoms with van der Waals surface area (Å²) in [7, 11) is 0. The minimum atomic E-state index is -1.17. The van der Waals surface area contributed by atoms with Crippen molar-refractivity contribution in [1.29, 1.82) is 0 Å². The zero-order valence-corrected chi connectivity index (χ0v) is 20.0. The Bertz CT molecular complexity index is 930. The molecule has 1 aromatic heterocycles. The van der Waals surface area contributed by atoms with Crippen LogP contribution in [0.5, 0.6) is 0 Å². The number of aliphatic hydroxyl groups excluding tert-OH is 1. The number of aryl methyl sites for hydroxylation is 2. The van der Waals surface area contributed by atoms with Gasteiger partial charge in [0.25, 0.3) is 0 Å². The van der Waals surface area contributed by atoms with Crippen molar-refractivity contribution in [3.63, 3.8) is 0 Å². The second-order valence-electron chi connectivity index (χ2n) is 9.60. The first-order chi connectivity index (χ1) is 16.8. The maximum Gasteiger partial charge on any atom is 0.528 e. The van der Waals surface area contributed by atoms with Gasteiger partial charge in [-0.2, -0.15) is 0 Å². The molecule has 1 aromatic rings. The van der Waals surface area contributed by atoms with Gasteiger partial charge in [-0.25, -0.2) is 9.78 Å². The lowest BCUT2D eigenvalue weighted by atomic mass is 9.76. The molecule has 0 aromatic carbocycles. The lowest BCUT2D eigenvalue weighted by Crippen LogP contribution is -2.56. The van der Waals surface area contributed by atoms with Crippen LogP contribution in [0.15, 0.2) is 12.1 Å². The first-order valence-corrected chi connectivity index (χ1v) is 12.3. The van der Waals surface area contributed by atoms with Crippen LogP contribution < -0.4 is 5.32 Å². The van der Waals surface area contributed by atoms with E-state index in [0.717, 1.165) is 43.7 Å². The van der Waals surface area contributed by atoms with Crippen molar-refractivity contribution in [2.75, 3.05) is 31.6 Å². The number of aliphatic hydroxyl groups is 1. The van der Waals surface area contributed by atoms with E-state index < -0.39 is 24.3 Å². The Morgan fingerprint density at radius 2 is 2.06 bits per heavy atom. The highest BCUT2D eigenvalue weighted by Gasteiger charge is 2.43. The summed E-state index contributed by atoms with van der Waals surface area (Å²) in [5, 5.41) is 23.5. The Morgan fingerprint density at radius 1 is 1.29 bits per heavy atom. The molecule has 3 N–H and O–H groups in total. The lowest BCUT2D eigenvalue weighted by Gasteiger charge is -2.43. The Balaban J connectivity index is 1.29. The summed E-state index contributed by atoms with van der Waals surface area (Å²) in [6, 6.07) is 2.78. The van der Waals surface area contributed by atoms with Gasteiger partial charge in [0.1, 0.15) is 18.0 Å². The molecule has 192 valence electrons. The molecule has 1 saturated heterocycles. The summed E-state index contributed by atoms with van der Waals surface area (Å²) in [5.41, 5.74) is 2.28. The zero-order valence-electron chi connectivity index (χ0n) is 20.0. The SMILES string of the molecule is CC(=O)N1CC(OC(=O)ON(C2CC(CCc3ccc4c(n3)NCCC4)C2)[C@@H](CCO)C(=O)O)C1. The van der Waals surface area contributed by atoms with E-state index >= 15 is 0 Å². The summed E-state index contributed by atoms with van der Waals surface area (Å²) in [4.78, 5) is 47.1. The highest BCUT2D eigenvalue weighted by Crippen LogP contribution is 2.37. The minimum absolute atomic E-state index is 0.0721. The number of aliphatic carboxylic acids is 1. The number of hydrogen-bond donors (Lipinski definition) is 3. The molecule has 1 saturated carbocycles. The highest BCUT2D eigenvalue weighted by molar-refractivity contribution is 5.75. The number of likely N-dealkylation sites (tertiary alicyclic amines) is 1. The Kier molecular flexibility index (Phi) is 8.07. The topological polar surface area (TPSA) is 142 Å². The van der Waals surface area contributed by atoms with Crippen molar-refractivity contribution in [3.8, 4) is 0 Å². The van der Waals surface area contributed by atoms with Crippen LogP contribution in [0.4, 0.5) is 10.6 Å². The fraction of sp³-hybridized carbons (Fsp3) is 0.667. The van der Waals surface area contributed by atoms with Gasteiger partial charge in [-0.15, -0.1) is 5.06 Å². The van der Waals surface area contributed by atoms with E-state index in [9.17, 15) is 24.6 Å². The molecule has 2 fully saturated rings. The number of nitrogens with zero attached hydrogens (tertiary/aromatic N) is 3. The van der Waals surface area contributed by atoms with Gasteiger partial charge in [0, 0.05) is 31.8 Å². The number of carboxylic acid groups (broad SMARTS) is 1. The predicted octanol–water partition coefficient (Wildman–Crippen LogP) is 1.59. The number of pyridine rings is 1. The number of fused-ring (bicyclic) bond motifs is 1. The van der Waals surface area contributed by atoms with Crippen LogP contribution in [0.25, 0.3) is 0 Å². The second-order valence-corrected chi connectivity index (χ2v) is 9.60. The Hall–Kier alpha value is -2.92. The molecule has 3 aliphatic rings. The van der Waals surface area contributed by atoms with Crippen molar-refractivity contribution in [2.45, 2.75) is 70.1 Å². The van der Waals surface area contributed by atoms with Gasteiger partial charge in [-0.1, -0.05) is 6.07 Å². The van der Waals surface area contributed by atoms with Crippen molar-refractivity contribution < 1.29 is 34.2 Å². The molecule has 1 aliphatic carbocycles. The number of rotatable bonds is 10. The number of amides is 1. The molecular weight excluding hydrogens is 456 g/mol. The molecule has 0 unspecified atom stereocenters. The molecular formula is C24H34N4O7. The molecule has 0 bridgehead atoms. The average molecular weight is 491 g/mol. The van der Waals surface area contributed by atoms with Gasteiger partial charge in [-0.3, -0.25) is 9.59 Å². The number of aromatic nitrogens is 1. The molecule has 2 aliphatic heterocycles. The van der Waals surface area contributed by atoms with Crippen molar-refractivity contribution in [2.24, 2.45) is 5.92 Å². The highest BCUT2D eigenvalue weighted by atomic mass is 16.8. The summed E-state index contributed by atoms with van der Waals surface area (Å²) >= 11 is 0. The number of hydroxylamine groups is 2. The van der Waals surface area contributed by atoms with Crippen molar-refractivity contribution >= 4 is 23.8 Å². The number of hydrogen-bond acceptors (Lipinski definition) is 9. The van der Waals surface area contributed by atoms with Crippen molar-refractivity contribution in [3.05, 3.63) is 23.4 Å². The smallest absolute Gasteiger partial charge is 0.480 e. The minimum Gasteiger partial charge on any atom is -0.480 e. The quantitative estimate of drug-likeness (QED) is 0.327. The number of carboxylic acids is 1. The fourth-order valence-corrected chi connectivity index (χ4v) is 4.89. The van der Waals surface area contributed by atoms with Crippen LogP contribution in [0.2, 0.25) is 0 Å². The average Bonchev–Trinajstić information content (AvgIpc) is 2.77. The summed E-state index contributed by atoms with van der Waals surface area (Å²) in [5.74, 6) is 0.0558. The molecule has 11 heteroatoms. The summed E-state index contributed by atoms with van der Waals surface area (Å²) < 4.78 is 5.24. The second kappa shape index (κ2) is 11.2.